The molecule has 0 radical (unpaired) electrons. The predicted molar refractivity (Wildman–Crippen MR) is 181 cm³/mol. The Morgan fingerprint density at radius 1 is 0.691 bits per heavy atom. The number of alkyl halides is 6. The number of non-ortho nitro benzene ring substituents is 1. The number of nitrogens with zero attached hydrogens (tertiary/aromatic N) is 7. The molecule has 0 spiro atoms. The van der Waals surface area contributed by atoms with Gasteiger partial charge in [0.1, 0.15) is 16.9 Å². The predicted octanol–water partition coefficient (Wildman–Crippen LogP) is 8.27. The van der Waals surface area contributed by atoms with Gasteiger partial charge in [-0.25, -0.2) is 28.6 Å². The number of nitro benzene ring substituents is 1. The van der Waals surface area contributed by atoms with Crippen LogP contribution in [0.4, 0.5) is 32.0 Å². The number of hydrogen-bond donors (Lipinski definition) is 1. The molecule has 0 aliphatic rings. The molecule has 7 rings (SSSR count). The van der Waals surface area contributed by atoms with Gasteiger partial charge in [-0.2, -0.15) is 36.5 Å². The number of halogens is 6. The second kappa shape index (κ2) is 14.3. The molecule has 0 atom stereocenters. The maximum absolute atomic E-state index is 13.4. The van der Waals surface area contributed by atoms with Crippen molar-refractivity contribution in [3.63, 3.8) is 0 Å². The summed E-state index contributed by atoms with van der Waals surface area (Å²) in [6.45, 7) is 3.03. The normalized spacial score (nSPS) is 11.6. The van der Waals surface area contributed by atoms with Crippen LogP contribution in [-0.4, -0.2) is 51.2 Å². The summed E-state index contributed by atoms with van der Waals surface area (Å²) >= 11 is 0. The Kier molecular flexibility index (Phi) is 9.79. The number of aromatic nitrogens is 6. The van der Waals surface area contributed by atoms with Crippen LogP contribution in [0.15, 0.2) is 97.3 Å². The van der Waals surface area contributed by atoms with Gasteiger partial charge >= 0.3 is 24.3 Å². The van der Waals surface area contributed by atoms with Crippen molar-refractivity contribution in [3.05, 3.63) is 141 Å². The fraction of sp³-hybridized carbons (Fsp3) is 0.111. The van der Waals surface area contributed by atoms with Crippen molar-refractivity contribution in [1.29, 1.82) is 0 Å². The maximum Gasteiger partial charge on any atom is 0.417 e. The number of benzene rings is 3. The highest BCUT2D eigenvalue weighted by Gasteiger charge is 2.35. The lowest BCUT2D eigenvalue weighted by Crippen LogP contribution is -2.11. The van der Waals surface area contributed by atoms with Gasteiger partial charge in [-0.3, -0.25) is 10.1 Å². The van der Waals surface area contributed by atoms with Crippen molar-refractivity contribution in [1.82, 2.24) is 29.2 Å². The summed E-state index contributed by atoms with van der Waals surface area (Å²) in [4.78, 5) is 42.6. The van der Waals surface area contributed by atoms with E-state index >= 15 is 0 Å². The summed E-state index contributed by atoms with van der Waals surface area (Å²) in [5.74, 6) is -2.02. The van der Waals surface area contributed by atoms with Crippen LogP contribution in [0.25, 0.3) is 33.8 Å². The molecule has 19 heteroatoms. The number of nitro groups is 1. The molecule has 0 fully saturated rings. The van der Waals surface area contributed by atoms with Gasteiger partial charge in [-0.05, 0) is 50.2 Å². The van der Waals surface area contributed by atoms with Crippen molar-refractivity contribution in [2.24, 2.45) is 0 Å². The molecule has 0 aliphatic carbocycles. The zero-order valence-corrected chi connectivity index (χ0v) is 28.1. The van der Waals surface area contributed by atoms with Crippen LogP contribution in [0.3, 0.4) is 0 Å². The van der Waals surface area contributed by atoms with Crippen LogP contribution in [0.5, 0.6) is 5.75 Å². The summed E-state index contributed by atoms with van der Waals surface area (Å²) in [5.41, 5.74) is -1.72. The molecule has 1 N–H and O–H groups in total. The smallest absolute Gasteiger partial charge is 0.417 e. The largest absolute Gasteiger partial charge is 0.477 e. The number of aryl methyl sites for hydroxylation is 2. The summed E-state index contributed by atoms with van der Waals surface area (Å²) in [6.07, 6.45) is -6.32. The molecular weight excluding hydrogens is 740 g/mol. The number of carboxylic acid groups (broad SMARTS) is 1. The van der Waals surface area contributed by atoms with E-state index in [-0.39, 0.29) is 67.8 Å². The number of esters is 1. The average Bonchev–Trinajstić information content (AvgIpc) is 3.65. The molecule has 7 aromatic rings. The van der Waals surface area contributed by atoms with Crippen molar-refractivity contribution in [2.75, 3.05) is 0 Å². The first kappa shape index (κ1) is 37.6. The highest BCUT2D eigenvalue weighted by Crippen LogP contribution is 2.38. The van der Waals surface area contributed by atoms with E-state index < -0.39 is 40.3 Å². The van der Waals surface area contributed by atoms with Gasteiger partial charge in [0.25, 0.3) is 5.69 Å². The van der Waals surface area contributed by atoms with Crippen LogP contribution in [-0.2, 0) is 12.4 Å². The van der Waals surface area contributed by atoms with E-state index in [1.807, 2.05) is 0 Å². The van der Waals surface area contributed by atoms with Gasteiger partial charge in [0.15, 0.2) is 11.3 Å². The fourth-order valence-electron chi connectivity index (χ4n) is 5.57. The highest BCUT2D eigenvalue weighted by molar-refractivity contribution is 5.98. The summed E-state index contributed by atoms with van der Waals surface area (Å²) < 4.78 is 87.4. The first-order chi connectivity index (χ1) is 25.9. The number of ether oxygens (including phenoxy) is 1. The Balaban J connectivity index is 0.000000197. The zero-order valence-electron chi connectivity index (χ0n) is 28.1. The molecule has 0 amide bonds. The van der Waals surface area contributed by atoms with Crippen molar-refractivity contribution >= 4 is 28.9 Å². The van der Waals surface area contributed by atoms with E-state index in [2.05, 4.69) is 20.2 Å². The highest BCUT2D eigenvalue weighted by atomic mass is 19.4. The molecule has 13 nitrogen and oxygen atoms in total. The third kappa shape index (κ3) is 7.66. The van der Waals surface area contributed by atoms with Crippen LogP contribution >= 0.6 is 0 Å². The molecule has 0 bridgehead atoms. The Labute approximate surface area is 304 Å². The third-order valence-electron chi connectivity index (χ3n) is 8.01. The number of carbonyl (C=O) groups excluding carboxylic acids is 1. The molecule has 0 saturated heterocycles. The minimum absolute atomic E-state index is 0.00415. The van der Waals surface area contributed by atoms with Gasteiger partial charge < -0.3 is 9.84 Å². The molecule has 55 heavy (non-hydrogen) atoms. The maximum atomic E-state index is 13.4. The van der Waals surface area contributed by atoms with Crippen LogP contribution in [0, 0.1) is 24.0 Å². The fourth-order valence-corrected chi connectivity index (χ4v) is 5.57. The number of hydrogen-bond acceptors (Lipinski definition) is 9. The molecule has 280 valence electrons. The summed E-state index contributed by atoms with van der Waals surface area (Å²) in [6, 6.07) is 17.6. The number of rotatable bonds is 6. The van der Waals surface area contributed by atoms with E-state index in [1.54, 1.807) is 0 Å². The second-order valence-electron chi connectivity index (χ2n) is 11.6. The van der Waals surface area contributed by atoms with Gasteiger partial charge in [-0.15, -0.1) is 0 Å². The summed E-state index contributed by atoms with van der Waals surface area (Å²) in [5, 5.41) is 28.1. The Morgan fingerprint density at radius 2 is 1.13 bits per heavy atom. The number of carbonyl (C=O) groups is 2. The molecule has 4 aromatic heterocycles. The molecule has 4 heterocycles. The second-order valence-corrected chi connectivity index (χ2v) is 11.6. The van der Waals surface area contributed by atoms with Crippen molar-refractivity contribution in [3.8, 4) is 28.3 Å². The van der Waals surface area contributed by atoms with Gasteiger partial charge in [-0.1, -0.05) is 36.4 Å². The Morgan fingerprint density at radius 3 is 1.56 bits per heavy atom. The van der Waals surface area contributed by atoms with E-state index in [0.29, 0.717) is 0 Å². The first-order valence-electron chi connectivity index (χ1n) is 15.7. The molecular formula is C36H23F6N7O6. The summed E-state index contributed by atoms with van der Waals surface area (Å²) in [7, 11) is 0. The Hall–Kier alpha value is -7.18. The molecule has 0 unspecified atom stereocenters. The lowest BCUT2D eigenvalue weighted by molar-refractivity contribution is -0.384. The minimum atomic E-state index is -4.59. The van der Waals surface area contributed by atoms with Gasteiger partial charge in [0.2, 0.25) is 0 Å². The molecule has 3 aromatic carbocycles. The number of fused-ring (bicyclic) bond motifs is 2. The first-order valence-corrected chi connectivity index (χ1v) is 15.7. The topological polar surface area (TPSA) is 167 Å². The van der Waals surface area contributed by atoms with Crippen molar-refractivity contribution in [2.45, 2.75) is 26.2 Å². The standard InChI is InChI=1S/C21H13F3N4O4.C15H10F3N3O2/c1-12-18(20(29)32-14-8-6-13(7-9-14)28(30)31)19-25-17(10-11-27(19)26-12)15-4-2-3-5-16(15)21(22,23)24;1-8-12(14(22)23)13-19-11(6-7-21(13)20-8)9-4-2-3-5-10(9)15(16,17)18/h2-11H,1H3;2-7H,1H3,(H,22,23). The van der Waals surface area contributed by atoms with E-state index in [9.17, 15) is 51.2 Å². The third-order valence-corrected chi connectivity index (χ3v) is 8.01. The van der Waals surface area contributed by atoms with E-state index in [1.165, 1.54) is 108 Å². The van der Waals surface area contributed by atoms with Gasteiger partial charge in [0.05, 0.1) is 38.8 Å². The monoisotopic (exact) mass is 763 g/mol. The quantitative estimate of drug-likeness (QED) is 0.0572. The van der Waals surface area contributed by atoms with E-state index in [0.717, 1.165) is 12.1 Å². The van der Waals surface area contributed by atoms with Gasteiger partial charge in [0, 0.05) is 35.7 Å². The SMILES string of the molecule is Cc1nn2ccc(-c3ccccc3C(F)(F)F)nc2c1C(=O)O.Cc1nn2ccc(-c3ccccc3C(F)(F)F)nc2c1C(=O)Oc1ccc([N+](=O)[O-])cc1. The van der Waals surface area contributed by atoms with Crippen LogP contribution in [0.2, 0.25) is 0 Å². The lowest BCUT2D eigenvalue weighted by Gasteiger charge is -2.12. The van der Waals surface area contributed by atoms with Crippen molar-refractivity contribution < 1.29 is 50.7 Å². The van der Waals surface area contributed by atoms with Crippen LogP contribution < -0.4 is 4.74 Å². The number of carboxylic acids is 1. The molecule has 0 aliphatic heterocycles. The van der Waals surface area contributed by atoms with E-state index in [4.69, 9.17) is 4.74 Å². The lowest BCUT2D eigenvalue weighted by atomic mass is 10.0. The number of aromatic carboxylic acids is 1. The molecule has 0 saturated carbocycles. The Bertz CT molecular complexity index is 2620. The zero-order chi connectivity index (χ0) is 39.8. The van der Waals surface area contributed by atoms with Crippen LogP contribution in [0.1, 0.15) is 43.2 Å². The average molecular weight is 764 g/mol. The minimum Gasteiger partial charge on any atom is -0.477 e.